The number of thioether (sulfide) groups is 1. The van der Waals surface area contributed by atoms with E-state index in [0.717, 1.165) is 35.1 Å². The number of carbonyl (C=O) groups excluding carboxylic acids is 1. The van der Waals surface area contributed by atoms with Crippen LogP contribution in [0.1, 0.15) is 26.5 Å². The zero-order chi connectivity index (χ0) is 20.8. The third-order valence-corrected chi connectivity index (χ3v) is 5.75. The summed E-state index contributed by atoms with van der Waals surface area (Å²) in [6.07, 6.45) is 0. The second-order valence-electron chi connectivity index (χ2n) is 7.30. The van der Waals surface area contributed by atoms with Gasteiger partial charge in [-0.15, -0.1) is 0 Å². The van der Waals surface area contributed by atoms with Crippen LogP contribution in [0.2, 0.25) is 0 Å². The fourth-order valence-electron chi connectivity index (χ4n) is 3.05. The van der Waals surface area contributed by atoms with Crippen molar-refractivity contribution in [2.45, 2.75) is 37.8 Å². The van der Waals surface area contributed by atoms with Crippen molar-refractivity contribution in [2.75, 3.05) is 37.0 Å². The molecule has 2 aromatic rings. The molecule has 1 saturated heterocycles. The molecule has 3 rings (SSSR count). The SMILES string of the molecule is CNC(=O)Nc1ccc(-c2nc(CSC(C)C)cc(N3CCOC[C@@H]3C)n2)cc1. The molecule has 0 bridgehead atoms. The molecule has 1 aromatic carbocycles. The normalized spacial score (nSPS) is 16.7. The van der Waals surface area contributed by atoms with Gasteiger partial charge in [0.05, 0.1) is 24.9 Å². The second-order valence-corrected chi connectivity index (χ2v) is 8.86. The van der Waals surface area contributed by atoms with E-state index in [0.29, 0.717) is 24.3 Å². The van der Waals surface area contributed by atoms with Crippen LogP contribution in [0.25, 0.3) is 11.4 Å². The standard InChI is InChI=1S/C21H29N5O2S/c1-14(2)29-13-18-11-19(26-9-10-28-12-15(26)3)25-20(23-18)16-5-7-17(8-6-16)24-21(27)22-4/h5-8,11,14-15H,9-10,12-13H2,1-4H3,(H2,22,24,27)/t15-/m0/s1. The monoisotopic (exact) mass is 415 g/mol. The molecule has 29 heavy (non-hydrogen) atoms. The summed E-state index contributed by atoms with van der Waals surface area (Å²) in [4.78, 5) is 23.5. The van der Waals surface area contributed by atoms with Crippen molar-refractivity contribution in [3.8, 4) is 11.4 Å². The Morgan fingerprint density at radius 1 is 1.31 bits per heavy atom. The van der Waals surface area contributed by atoms with Crippen LogP contribution in [0.15, 0.2) is 30.3 Å². The molecule has 0 unspecified atom stereocenters. The van der Waals surface area contributed by atoms with E-state index in [2.05, 4.69) is 42.4 Å². The van der Waals surface area contributed by atoms with E-state index < -0.39 is 0 Å². The van der Waals surface area contributed by atoms with Gasteiger partial charge in [-0.3, -0.25) is 0 Å². The number of nitrogens with one attached hydrogen (secondary N) is 2. The molecule has 1 fully saturated rings. The van der Waals surface area contributed by atoms with Crippen LogP contribution in [0.3, 0.4) is 0 Å². The number of morpholine rings is 1. The lowest BCUT2D eigenvalue weighted by molar-refractivity contribution is 0.0985. The minimum Gasteiger partial charge on any atom is -0.377 e. The van der Waals surface area contributed by atoms with Crippen molar-refractivity contribution < 1.29 is 9.53 Å². The fourth-order valence-corrected chi connectivity index (χ4v) is 3.70. The summed E-state index contributed by atoms with van der Waals surface area (Å²) in [5.41, 5.74) is 2.67. The quantitative estimate of drug-likeness (QED) is 0.748. The fraction of sp³-hybridized carbons (Fsp3) is 0.476. The van der Waals surface area contributed by atoms with Gasteiger partial charge in [-0.05, 0) is 36.4 Å². The number of urea groups is 1. The van der Waals surface area contributed by atoms with Crippen LogP contribution in [-0.2, 0) is 10.5 Å². The lowest BCUT2D eigenvalue weighted by atomic mass is 10.2. The maximum Gasteiger partial charge on any atom is 0.318 e. The number of hydrogen-bond acceptors (Lipinski definition) is 6. The number of hydrogen-bond donors (Lipinski definition) is 2. The van der Waals surface area contributed by atoms with Gasteiger partial charge in [-0.25, -0.2) is 14.8 Å². The molecule has 1 aliphatic heterocycles. The molecule has 0 saturated carbocycles. The molecular weight excluding hydrogens is 386 g/mol. The van der Waals surface area contributed by atoms with Crippen LogP contribution >= 0.6 is 11.8 Å². The van der Waals surface area contributed by atoms with E-state index in [-0.39, 0.29) is 12.1 Å². The maximum absolute atomic E-state index is 11.5. The van der Waals surface area contributed by atoms with Gasteiger partial charge in [-0.1, -0.05) is 13.8 Å². The van der Waals surface area contributed by atoms with E-state index in [1.807, 2.05) is 36.0 Å². The van der Waals surface area contributed by atoms with Crippen molar-refractivity contribution in [1.29, 1.82) is 0 Å². The van der Waals surface area contributed by atoms with Gasteiger partial charge in [0.1, 0.15) is 5.82 Å². The summed E-state index contributed by atoms with van der Waals surface area (Å²) in [6, 6.07) is 9.73. The third kappa shape index (κ3) is 5.83. The summed E-state index contributed by atoms with van der Waals surface area (Å²) < 4.78 is 5.58. The van der Waals surface area contributed by atoms with Crippen LogP contribution in [0.4, 0.5) is 16.3 Å². The topological polar surface area (TPSA) is 79.4 Å². The second kappa shape index (κ2) is 9.93. The molecule has 1 aliphatic rings. The number of rotatable bonds is 6. The Morgan fingerprint density at radius 2 is 2.07 bits per heavy atom. The van der Waals surface area contributed by atoms with Gasteiger partial charge >= 0.3 is 6.03 Å². The summed E-state index contributed by atoms with van der Waals surface area (Å²) in [7, 11) is 1.59. The molecule has 2 N–H and O–H groups in total. The molecule has 156 valence electrons. The summed E-state index contributed by atoms with van der Waals surface area (Å²) in [5, 5.41) is 5.85. The smallest absolute Gasteiger partial charge is 0.318 e. The lowest BCUT2D eigenvalue weighted by Gasteiger charge is -2.34. The molecule has 1 atom stereocenters. The molecule has 1 aromatic heterocycles. The zero-order valence-corrected chi connectivity index (χ0v) is 18.3. The first-order valence-corrected chi connectivity index (χ1v) is 10.9. The number of nitrogens with zero attached hydrogens (tertiary/aromatic N) is 3. The number of anilines is 2. The first-order valence-electron chi connectivity index (χ1n) is 9.89. The van der Waals surface area contributed by atoms with E-state index in [1.165, 1.54) is 0 Å². The van der Waals surface area contributed by atoms with Gasteiger partial charge in [0.25, 0.3) is 0 Å². The van der Waals surface area contributed by atoms with Gasteiger partial charge < -0.3 is 20.3 Å². The minimum absolute atomic E-state index is 0.245. The van der Waals surface area contributed by atoms with Crippen LogP contribution in [-0.4, -0.2) is 54.1 Å². The minimum atomic E-state index is -0.245. The molecule has 8 heteroatoms. The predicted molar refractivity (Wildman–Crippen MR) is 120 cm³/mol. The van der Waals surface area contributed by atoms with Crippen LogP contribution in [0.5, 0.6) is 0 Å². The molecule has 7 nitrogen and oxygen atoms in total. The van der Waals surface area contributed by atoms with E-state index in [1.54, 1.807) is 7.05 Å². The van der Waals surface area contributed by atoms with Gasteiger partial charge in [0, 0.05) is 36.7 Å². The van der Waals surface area contributed by atoms with E-state index in [9.17, 15) is 4.79 Å². The number of carbonyl (C=O) groups is 1. The molecule has 0 spiro atoms. The number of ether oxygens (including phenoxy) is 1. The van der Waals surface area contributed by atoms with Crippen molar-refractivity contribution >= 4 is 29.3 Å². The van der Waals surface area contributed by atoms with Crippen molar-refractivity contribution in [1.82, 2.24) is 15.3 Å². The Morgan fingerprint density at radius 3 is 2.72 bits per heavy atom. The first-order chi connectivity index (χ1) is 14.0. The molecule has 2 amide bonds. The summed E-state index contributed by atoms with van der Waals surface area (Å²) >= 11 is 1.87. The van der Waals surface area contributed by atoms with Gasteiger partial charge in [0.2, 0.25) is 0 Å². The lowest BCUT2D eigenvalue weighted by Crippen LogP contribution is -2.44. The van der Waals surface area contributed by atoms with Crippen molar-refractivity contribution in [3.05, 3.63) is 36.0 Å². The number of benzene rings is 1. The maximum atomic E-state index is 11.5. The highest BCUT2D eigenvalue weighted by Crippen LogP contribution is 2.26. The Kier molecular flexibility index (Phi) is 7.33. The Balaban J connectivity index is 1.90. The van der Waals surface area contributed by atoms with Gasteiger partial charge in [-0.2, -0.15) is 11.8 Å². The van der Waals surface area contributed by atoms with Crippen LogP contribution < -0.4 is 15.5 Å². The molecule has 0 radical (unpaired) electrons. The highest BCUT2D eigenvalue weighted by Gasteiger charge is 2.22. The first kappa shape index (κ1) is 21.4. The third-order valence-electron chi connectivity index (χ3n) is 4.62. The zero-order valence-electron chi connectivity index (χ0n) is 17.4. The molecular formula is C21H29N5O2S. The van der Waals surface area contributed by atoms with Crippen molar-refractivity contribution in [3.63, 3.8) is 0 Å². The Hall–Kier alpha value is -2.32. The molecule has 0 aliphatic carbocycles. The summed E-state index contributed by atoms with van der Waals surface area (Å²) in [6.45, 7) is 8.77. The van der Waals surface area contributed by atoms with E-state index >= 15 is 0 Å². The average Bonchev–Trinajstić information content (AvgIpc) is 2.73. The van der Waals surface area contributed by atoms with Crippen LogP contribution in [0, 0.1) is 0 Å². The Bertz CT molecular complexity index is 828. The van der Waals surface area contributed by atoms with E-state index in [4.69, 9.17) is 14.7 Å². The van der Waals surface area contributed by atoms with Crippen molar-refractivity contribution in [2.24, 2.45) is 0 Å². The summed E-state index contributed by atoms with van der Waals surface area (Å²) in [5.74, 6) is 2.49. The predicted octanol–water partition coefficient (Wildman–Crippen LogP) is 3.76. The average molecular weight is 416 g/mol. The molecule has 2 heterocycles. The highest BCUT2D eigenvalue weighted by atomic mass is 32.2. The number of amides is 2. The van der Waals surface area contributed by atoms with Gasteiger partial charge in [0.15, 0.2) is 5.82 Å². The number of aromatic nitrogens is 2. The highest BCUT2D eigenvalue weighted by molar-refractivity contribution is 7.99. The largest absolute Gasteiger partial charge is 0.377 e. The Labute approximate surface area is 176 Å².